The summed E-state index contributed by atoms with van der Waals surface area (Å²) in [4.78, 5) is 26.8. The molecule has 30 heavy (non-hydrogen) atoms. The van der Waals surface area contributed by atoms with Gasteiger partial charge in [0.15, 0.2) is 5.78 Å². The summed E-state index contributed by atoms with van der Waals surface area (Å²) < 4.78 is 1.54. The number of Topliss-reactive ketones (excluding diaryl/α,β-unsaturated/α-hetero) is 1. The summed E-state index contributed by atoms with van der Waals surface area (Å²) in [6, 6.07) is 16.9. The Hall–Kier alpha value is -3.05. The Kier molecular flexibility index (Phi) is 4.26. The lowest BCUT2D eigenvalue weighted by Gasteiger charge is -2.37. The molecule has 0 bridgehead atoms. The molecule has 0 spiro atoms. The van der Waals surface area contributed by atoms with Crippen LogP contribution >= 0.6 is 11.6 Å². The molecule has 0 saturated heterocycles. The van der Waals surface area contributed by atoms with Gasteiger partial charge in [-0.25, -0.2) is 4.68 Å². The van der Waals surface area contributed by atoms with Crippen molar-refractivity contribution >= 4 is 23.2 Å². The van der Waals surface area contributed by atoms with Crippen molar-refractivity contribution in [1.82, 2.24) is 9.78 Å². The fourth-order valence-electron chi connectivity index (χ4n) is 4.64. The smallest absolute Gasteiger partial charge is 0.277 e. The van der Waals surface area contributed by atoms with Crippen molar-refractivity contribution in [3.05, 3.63) is 92.4 Å². The van der Waals surface area contributed by atoms with E-state index in [4.69, 9.17) is 11.6 Å². The van der Waals surface area contributed by atoms with Gasteiger partial charge >= 0.3 is 0 Å². The molecule has 1 atom stereocenters. The molecule has 2 N–H and O–H groups in total. The molecular weight excluding hydrogens is 398 g/mol. The summed E-state index contributed by atoms with van der Waals surface area (Å²) in [6.07, 6.45) is 1.21. The Morgan fingerprint density at radius 3 is 2.40 bits per heavy atom. The number of hydrogen-bond donors (Lipinski definition) is 2. The SMILES string of the molecule is CC1(C)CC(=O)C2=C(C1)Nc1[nH]n(-c3ccccc3)c(=O)c1C2c1ccc(Cl)cc1. The molecule has 152 valence electrons. The van der Waals surface area contributed by atoms with Gasteiger partial charge in [0.25, 0.3) is 5.56 Å². The lowest BCUT2D eigenvalue weighted by atomic mass is 9.69. The summed E-state index contributed by atoms with van der Waals surface area (Å²) in [7, 11) is 0. The van der Waals surface area contributed by atoms with E-state index < -0.39 is 5.92 Å². The predicted octanol–water partition coefficient (Wildman–Crippen LogP) is 5.02. The highest BCUT2D eigenvalue weighted by atomic mass is 35.5. The number of carbonyl (C=O) groups excluding carboxylic acids is 1. The van der Waals surface area contributed by atoms with Gasteiger partial charge in [-0.2, -0.15) is 0 Å². The van der Waals surface area contributed by atoms with E-state index in [1.165, 1.54) is 4.68 Å². The summed E-state index contributed by atoms with van der Waals surface area (Å²) in [5, 5.41) is 7.23. The molecular formula is C24H22ClN3O2. The van der Waals surface area contributed by atoms with Crippen molar-refractivity contribution in [2.75, 3.05) is 5.32 Å². The summed E-state index contributed by atoms with van der Waals surface area (Å²) in [6.45, 7) is 4.20. The molecule has 2 aromatic carbocycles. The molecule has 2 heterocycles. The minimum Gasteiger partial charge on any atom is -0.343 e. The number of halogens is 1. The molecule has 1 aromatic heterocycles. The molecule has 5 rings (SSSR count). The van der Waals surface area contributed by atoms with E-state index >= 15 is 0 Å². The molecule has 3 aromatic rings. The summed E-state index contributed by atoms with van der Waals surface area (Å²) in [5.74, 6) is 0.310. The van der Waals surface area contributed by atoms with Crippen molar-refractivity contribution in [3.63, 3.8) is 0 Å². The van der Waals surface area contributed by atoms with E-state index in [-0.39, 0.29) is 16.8 Å². The maximum absolute atomic E-state index is 13.5. The molecule has 1 aliphatic heterocycles. The number of ketones is 1. The summed E-state index contributed by atoms with van der Waals surface area (Å²) >= 11 is 6.11. The zero-order valence-corrected chi connectivity index (χ0v) is 17.6. The van der Waals surface area contributed by atoms with Crippen molar-refractivity contribution in [3.8, 4) is 5.69 Å². The Morgan fingerprint density at radius 2 is 1.70 bits per heavy atom. The highest BCUT2D eigenvalue weighted by Crippen LogP contribution is 2.47. The van der Waals surface area contributed by atoms with Gasteiger partial charge in [0, 0.05) is 28.6 Å². The van der Waals surface area contributed by atoms with E-state index in [1.54, 1.807) is 12.1 Å². The van der Waals surface area contributed by atoms with Crippen LogP contribution < -0.4 is 10.9 Å². The lowest BCUT2D eigenvalue weighted by molar-refractivity contribution is -0.118. The molecule has 5 nitrogen and oxygen atoms in total. The highest BCUT2D eigenvalue weighted by Gasteiger charge is 2.42. The minimum absolute atomic E-state index is 0.0891. The number of aromatic nitrogens is 2. The zero-order chi connectivity index (χ0) is 21.0. The van der Waals surface area contributed by atoms with Crippen LogP contribution in [-0.2, 0) is 4.79 Å². The number of hydrogen-bond acceptors (Lipinski definition) is 3. The minimum atomic E-state index is -0.425. The number of para-hydroxylation sites is 1. The Labute approximate surface area is 179 Å². The fourth-order valence-corrected chi connectivity index (χ4v) is 4.76. The summed E-state index contributed by atoms with van der Waals surface area (Å²) in [5.41, 5.74) is 3.50. The maximum Gasteiger partial charge on any atom is 0.277 e. The van der Waals surface area contributed by atoms with E-state index in [1.807, 2.05) is 42.5 Å². The predicted molar refractivity (Wildman–Crippen MR) is 118 cm³/mol. The highest BCUT2D eigenvalue weighted by molar-refractivity contribution is 6.30. The quantitative estimate of drug-likeness (QED) is 0.612. The second kappa shape index (κ2) is 6.74. The van der Waals surface area contributed by atoms with Crippen LogP contribution in [0.25, 0.3) is 5.69 Å². The van der Waals surface area contributed by atoms with E-state index in [9.17, 15) is 9.59 Å². The maximum atomic E-state index is 13.5. The number of carbonyl (C=O) groups is 1. The second-order valence-electron chi connectivity index (χ2n) is 8.82. The standard InChI is InChI=1S/C24H22ClN3O2/c1-24(2)12-17-20(18(29)13-24)19(14-8-10-15(25)11-9-14)21-22(26-17)27-28(23(21)30)16-6-4-3-5-7-16/h3-11,19,26-27H,12-13H2,1-2H3. The topological polar surface area (TPSA) is 66.9 Å². The first-order valence-electron chi connectivity index (χ1n) is 10.0. The Balaban J connectivity index is 1.74. The van der Waals surface area contributed by atoms with Crippen LogP contribution in [0.2, 0.25) is 5.02 Å². The van der Waals surface area contributed by atoms with Gasteiger partial charge in [-0.15, -0.1) is 0 Å². The molecule has 0 saturated carbocycles. The lowest BCUT2D eigenvalue weighted by Crippen LogP contribution is -2.35. The van der Waals surface area contributed by atoms with E-state index in [0.717, 1.165) is 23.4 Å². The van der Waals surface area contributed by atoms with Crippen molar-refractivity contribution < 1.29 is 4.79 Å². The van der Waals surface area contributed by atoms with Crippen molar-refractivity contribution in [2.45, 2.75) is 32.6 Å². The third-order valence-electron chi connectivity index (χ3n) is 5.92. The number of H-pyrrole nitrogens is 1. The van der Waals surface area contributed by atoms with E-state index in [0.29, 0.717) is 28.4 Å². The average molecular weight is 420 g/mol. The van der Waals surface area contributed by atoms with Crippen LogP contribution in [-0.4, -0.2) is 15.6 Å². The first-order chi connectivity index (χ1) is 14.3. The molecule has 0 radical (unpaired) electrons. The fraction of sp³-hybridized carbons (Fsp3) is 0.250. The van der Waals surface area contributed by atoms with Crippen molar-refractivity contribution in [1.29, 1.82) is 0 Å². The number of aromatic amines is 1. The number of rotatable bonds is 2. The van der Waals surface area contributed by atoms with E-state index in [2.05, 4.69) is 24.3 Å². The van der Waals surface area contributed by atoms with Crippen LogP contribution in [0.4, 0.5) is 5.82 Å². The van der Waals surface area contributed by atoms with Gasteiger partial charge in [-0.05, 0) is 41.7 Å². The van der Waals surface area contributed by atoms with Gasteiger partial charge in [0.05, 0.1) is 11.3 Å². The van der Waals surface area contributed by atoms with Gasteiger partial charge in [0.1, 0.15) is 5.82 Å². The van der Waals surface area contributed by atoms with Crippen LogP contribution in [0.5, 0.6) is 0 Å². The Morgan fingerprint density at radius 1 is 1.00 bits per heavy atom. The average Bonchev–Trinajstić information content (AvgIpc) is 3.03. The number of fused-ring (bicyclic) bond motifs is 1. The molecule has 1 unspecified atom stereocenters. The van der Waals surface area contributed by atoms with Crippen LogP contribution in [0.3, 0.4) is 0 Å². The first-order valence-corrected chi connectivity index (χ1v) is 10.4. The number of allylic oxidation sites excluding steroid dienone is 2. The van der Waals surface area contributed by atoms with Gasteiger partial charge in [-0.1, -0.05) is 55.8 Å². The second-order valence-corrected chi connectivity index (χ2v) is 9.26. The first kappa shape index (κ1) is 18.9. The largest absolute Gasteiger partial charge is 0.343 e. The Bertz CT molecular complexity index is 1230. The molecule has 2 aliphatic rings. The van der Waals surface area contributed by atoms with Crippen LogP contribution in [0, 0.1) is 5.41 Å². The number of nitrogens with one attached hydrogen (secondary N) is 2. The number of benzene rings is 2. The zero-order valence-electron chi connectivity index (χ0n) is 16.8. The third kappa shape index (κ3) is 3.01. The van der Waals surface area contributed by atoms with Crippen LogP contribution in [0.15, 0.2) is 70.7 Å². The molecule has 6 heteroatoms. The molecule has 1 aliphatic carbocycles. The molecule has 0 fully saturated rings. The number of nitrogens with zero attached hydrogens (tertiary/aromatic N) is 1. The molecule has 0 amide bonds. The van der Waals surface area contributed by atoms with Gasteiger partial charge in [-0.3, -0.25) is 14.7 Å². The monoisotopic (exact) mass is 419 g/mol. The number of anilines is 1. The normalized spacial score (nSPS) is 19.8. The van der Waals surface area contributed by atoms with Gasteiger partial charge < -0.3 is 5.32 Å². The third-order valence-corrected chi connectivity index (χ3v) is 6.17. The van der Waals surface area contributed by atoms with Crippen LogP contribution in [0.1, 0.15) is 43.7 Å². The van der Waals surface area contributed by atoms with Gasteiger partial charge in [0.2, 0.25) is 0 Å². The van der Waals surface area contributed by atoms with Crippen molar-refractivity contribution in [2.24, 2.45) is 5.41 Å².